The minimum atomic E-state index is -3.85. The Bertz CT molecular complexity index is 891. The van der Waals surface area contributed by atoms with E-state index in [2.05, 4.69) is 0 Å². The summed E-state index contributed by atoms with van der Waals surface area (Å²) in [6.07, 6.45) is 0. The molecule has 3 unspecified atom stereocenters. The number of sulfone groups is 1. The number of rotatable bonds is 7. The molecule has 3 atom stereocenters. The zero-order valence-corrected chi connectivity index (χ0v) is 15.3. The van der Waals surface area contributed by atoms with Crippen molar-refractivity contribution >= 4 is 15.8 Å². The first-order chi connectivity index (χ1) is 12.4. The normalized spacial score (nSPS) is 24.8. The van der Waals surface area contributed by atoms with Gasteiger partial charge in [0.05, 0.1) is 23.9 Å². The highest BCUT2D eigenvalue weighted by Crippen LogP contribution is 2.64. The summed E-state index contributed by atoms with van der Waals surface area (Å²) in [5.41, 5.74) is -0.882. The monoisotopic (exact) mass is 376 g/mol. The molecular weight excluding hydrogens is 356 g/mol. The van der Waals surface area contributed by atoms with Crippen molar-refractivity contribution in [3.8, 4) is 5.75 Å². The van der Waals surface area contributed by atoms with Gasteiger partial charge in [-0.3, -0.25) is 4.79 Å². The van der Waals surface area contributed by atoms with E-state index in [1.54, 1.807) is 42.5 Å². The van der Waals surface area contributed by atoms with Crippen molar-refractivity contribution in [2.24, 2.45) is 5.41 Å². The summed E-state index contributed by atoms with van der Waals surface area (Å²) in [6, 6.07) is 14.7. The molecule has 0 amide bonds. The molecule has 2 aromatic carbocycles. The van der Waals surface area contributed by atoms with Crippen LogP contribution in [0.5, 0.6) is 5.75 Å². The molecule has 0 bridgehead atoms. The van der Waals surface area contributed by atoms with E-state index < -0.39 is 32.4 Å². The molecular formula is C19H20O6S. The number of aliphatic carboxylic acids is 1. The standard InChI is InChI=1S/C19H20O6S/c1-24-12-19(18(20)21)16(13-8-10-14(25-2)11-9-13)17(19)26(22,23)15-6-4-3-5-7-15/h3-11,16-17H,12H2,1-2H3,(H,20,21). The zero-order chi connectivity index (χ0) is 18.9. The van der Waals surface area contributed by atoms with E-state index in [9.17, 15) is 18.3 Å². The molecule has 0 heterocycles. The quantitative estimate of drug-likeness (QED) is 0.798. The minimum Gasteiger partial charge on any atom is -0.497 e. The maximum Gasteiger partial charge on any atom is 0.314 e. The Morgan fingerprint density at radius 3 is 2.19 bits per heavy atom. The van der Waals surface area contributed by atoms with Crippen LogP contribution in [0.15, 0.2) is 59.5 Å². The maximum absolute atomic E-state index is 13.2. The van der Waals surface area contributed by atoms with E-state index in [1.165, 1.54) is 26.4 Å². The zero-order valence-electron chi connectivity index (χ0n) is 14.5. The number of ether oxygens (including phenoxy) is 2. The third-order valence-electron chi connectivity index (χ3n) is 4.92. The van der Waals surface area contributed by atoms with Crippen LogP contribution in [0, 0.1) is 5.41 Å². The van der Waals surface area contributed by atoms with Gasteiger partial charge in [0, 0.05) is 13.0 Å². The minimum absolute atomic E-state index is 0.114. The summed E-state index contributed by atoms with van der Waals surface area (Å²) in [5, 5.41) is 8.78. The van der Waals surface area contributed by atoms with Gasteiger partial charge >= 0.3 is 5.97 Å². The van der Waals surface area contributed by atoms with Crippen molar-refractivity contribution in [3.63, 3.8) is 0 Å². The molecule has 1 saturated carbocycles. The van der Waals surface area contributed by atoms with Gasteiger partial charge in [0.25, 0.3) is 0 Å². The molecule has 0 spiro atoms. The first-order valence-corrected chi connectivity index (χ1v) is 9.59. The Hall–Kier alpha value is -2.38. The van der Waals surface area contributed by atoms with Crippen LogP contribution in [0.3, 0.4) is 0 Å². The van der Waals surface area contributed by atoms with E-state index in [1.807, 2.05) is 0 Å². The molecule has 7 heteroatoms. The molecule has 1 aliphatic carbocycles. The lowest BCUT2D eigenvalue weighted by molar-refractivity contribution is -0.145. The van der Waals surface area contributed by atoms with Gasteiger partial charge in [-0.15, -0.1) is 0 Å². The summed E-state index contributed by atoms with van der Waals surface area (Å²) in [4.78, 5) is 12.2. The van der Waals surface area contributed by atoms with Crippen molar-refractivity contribution in [2.75, 3.05) is 20.8 Å². The molecule has 0 saturated heterocycles. The van der Waals surface area contributed by atoms with Crippen LogP contribution in [0.25, 0.3) is 0 Å². The van der Waals surface area contributed by atoms with Crippen LogP contribution in [0.2, 0.25) is 0 Å². The molecule has 6 nitrogen and oxygen atoms in total. The van der Waals surface area contributed by atoms with Crippen molar-refractivity contribution in [2.45, 2.75) is 16.1 Å². The van der Waals surface area contributed by atoms with Crippen LogP contribution in [0.4, 0.5) is 0 Å². The number of carbonyl (C=O) groups is 1. The van der Waals surface area contributed by atoms with Gasteiger partial charge in [0.15, 0.2) is 9.84 Å². The fourth-order valence-corrected chi connectivity index (χ4v) is 6.01. The van der Waals surface area contributed by atoms with Gasteiger partial charge in [-0.1, -0.05) is 30.3 Å². The molecule has 0 aliphatic heterocycles. The molecule has 138 valence electrons. The molecule has 26 heavy (non-hydrogen) atoms. The number of carboxylic acids is 1. The van der Waals surface area contributed by atoms with Crippen LogP contribution in [0.1, 0.15) is 11.5 Å². The predicted molar refractivity (Wildman–Crippen MR) is 95.1 cm³/mol. The van der Waals surface area contributed by atoms with Gasteiger partial charge in [-0.2, -0.15) is 0 Å². The molecule has 1 aliphatic rings. The number of hydrogen-bond acceptors (Lipinski definition) is 5. The lowest BCUT2D eigenvalue weighted by atomic mass is 10.00. The summed E-state index contributed by atoms with van der Waals surface area (Å²) < 4.78 is 36.5. The Balaban J connectivity index is 2.09. The number of benzene rings is 2. The van der Waals surface area contributed by atoms with E-state index in [0.29, 0.717) is 11.3 Å². The second kappa shape index (κ2) is 6.74. The number of methoxy groups -OCH3 is 2. The second-order valence-electron chi connectivity index (χ2n) is 6.31. The first kappa shape index (κ1) is 18.4. The summed E-state index contributed by atoms with van der Waals surface area (Å²) >= 11 is 0. The van der Waals surface area contributed by atoms with Crippen LogP contribution in [-0.2, 0) is 19.4 Å². The summed E-state index contributed by atoms with van der Waals surface area (Å²) in [6.45, 7) is -0.185. The van der Waals surface area contributed by atoms with Gasteiger partial charge in [-0.05, 0) is 29.8 Å². The van der Waals surface area contributed by atoms with Crippen molar-refractivity contribution < 1.29 is 27.8 Å². The predicted octanol–water partition coefficient (Wildman–Crippen LogP) is 2.35. The smallest absolute Gasteiger partial charge is 0.314 e. The lowest BCUT2D eigenvalue weighted by Crippen LogP contribution is -2.28. The van der Waals surface area contributed by atoms with Gasteiger partial charge < -0.3 is 14.6 Å². The third kappa shape index (κ3) is 2.77. The van der Waals surface area contributed by atoms with E-state index in [-0.39, 0.29) is 11.5 Å². The maximum atomic E-state index is 13.2. The van der Waals surface area contributed by atoms with E-state index in [4.69, 9.17) is 9.47 Å². The van der Waals surface area contributed by atoms with Crippen LogP contribution >= 0.6 is 0 Å². The average molecular weight is 376 g/mol. The average Bonchev–Trinajstić information content (AvgIpc) is 3.34. The Kier molecular flexibility index (Phi) is 4.77. The summed E-state index contributed by atoms with van der Waals surface area (Å²) in [5.74, 6) is -1.26. The van der Waals surface area contributed by atoms with Gasteiger partial charge in [0.1, 0.15) is 11.2 Å². The Morgan fingerprint density at radius 2 is 1.69 bits per heavy atom. The molecule has 2 aromatic rings. The Morgan fingerprint density at radius 1 is 1.08 bits per heavy atom. The van der Waals surface area contributed by atoms with E-state index in [0.717, 1.165) is 0 Å². The fourth-order valence-electron chi connectivity index (χ4n) is 3.63. The lowest BCUT2D eigenvalue weighted by Gasteiger charge is -2.12. The highest BCUT2D eigenvalue weighted by Gasteiger charge is 2.76. The fraction of sp³-hybridized carbons (Fsp3) is 0.316. The topological polar surface area (TPSA) is 89.9 Å². The van der Waals surface area contributed by atoms with Gasteiger partial charge in [-0.25, -0.2) is 8.42 Å². The largest absolute Gasteiger partial charge is 0.497 e. The van der Waals surface area contributed by atoms with Gasteiger partial charge in [0.2, 0.25) is 0 Å². The second-order valence-corrected chi connectivity index (χ2v) is 8.38. The summed E-state index contributed by atoms with van der Waals surface area (Å²) in [7, 11) is -0.941. The number of carboxylic acid groups (broad SMARTS) is 1. The van der Waals surface area contributed by atoms with Crippen LogP contribution in [-0.4, -0.2) is 45.6 Å². The van der Waals surface area contributed by atoms with Crippen molar-refractivity contribution in [1.82, 2.24) is 0 Å². The number of hydrogen-bond donors (Lipinski definition) is 1. The van der Waals surface area contributed by atoms with E-state index >= 15 is 0 Å². The SMILES string of the molecule is COCC1(C(=O)O)C(c2ccc(OC)cc2)C1S(=O)(=O)c1ccccc1. The van der Waals surface area contributed by atoms with Crippen molar-refractivity contribution in [3.05, 3.63) is 60.2 Å². The molecule has 0 radical (unpaired) electrons. The third-order valence-corrected chi connectivity index (χ3v) is 7.21. The first-order valence-electron chi connectivity index (χ1n) is 8.05. The highest BCUT2D eigenvalue weighted by atomic mass is 32.2. The highest BCUT2D eigenvalue weighted by molar-refractivity contribution is 7.92. The van der Waals surface area contributed by atoms with Crippen molar-refractivity contribution in [1.29, 1.82) is 0 Å². The van der Waals surface area contributed by atoms with Crippen LogP contribution < -0.4 is 4.74 Å². The molecule has 0 aromatic heterocycles. The molecule has 3 rings (SSSR count). The Labute approximate surface area is 152 Å². The molecule has 1 fully saturated rings. The molecule has 1 N–H and O–H groups in total.